The van der Waals surface area contributed by atoms with Gasteiger partial charge in [0.2, 0.25) is 0 Å². The Balaban J connectivity index is 2.14. The van der Waals surface area contributed by atoms with Crippen LogP contribution in [0.1, 0.15) is 38.1 Å². The number of thioether (sulfide) groups is 1. The lowest BCUT2D eigenvalue weighted by Gasteiger charge is -2.17. The lowest BCUT2D eigenvalue weighted by Crippen LogP contribution is -2.24. The molecule has 2 atom stereocenters. The van der Waals surface area contributed by atoms with Gasteiger partial charge in [0.05, 0.1) is 22.5 Å². The zero-order chi connectivity index (χ0) is 13.1. The standard InChI is InChI=1S/C13H21ClN2OS/c1-3-9-13(14)10(16(4-2)15-9)8-11(17)12-6-5-7-18-12/h11-12,17H,3-8H2,1-2H3. The van der Waals surface area contributed by atoms with Crippen molar-refractivity contribution in [2.24, 2.45) is 0 Å². The highest BCUT2D eigenvalue weighted by Crippen LogP contribution is 2.31. The molecule has 1 aromatic heterocycles. The molecule has 1 aliphatic heterocycles. The smallest absolute Gasteiger partial charge is 0.0850 e. The number of hydrogen-bond acceptors (Lipinski definition) is 3. The van der Waals surface area contributed by atoms with E-state index in [0.717, 1.165) is 35.8 Å². The van der Waals surface area contributed by atoms with Crippen LogP contribution in [0.4, 0.5) is 0 Å². The quantitative estimate of drug-likeness (QED) is 0.905. The molecule has 2 heterocycles. The van der Waals surface area contributed by atoms with E-state index >= 15 is 0 Å². The molecule has 2 unspecified atom stereocenters. The van der Waals surface area contributed by atoms with Gasteiger partial charge in [0, 0.05) is 18.2 Å². The second-order valence-electron chi connectivity index (χ2n) is 4.70. The summed E-state index contributed by atoms with van der Waals surface area (Å²) in [6, 6.07) is 0. The van der Waals surface area contributed by atoms with E-state index in [1.165, 1.54) is 12.2 Å². The molecule has 5 heteroatoms. The molecule has 0 bridgehead atoms. The first kappa shape index (κ1) is 14.2. The van der Waals surface area contributed by atoms with E-state index in [9.17, 15) is 5.11 Å². The molecule has 1 N–H and O–H groups in total. The molecule has 0 saturated carbocycles. The van der Waals surface area contributed by atoms with Gasteiger partial charge < -0.3 is 5.11 Å². The molecule has 1 fully saturated rings. The van der Waals surface area contributed by atoms with Crippen LogP contribution in [0.15, 0.2) is 0 Å². The maximum Gasteiger partial charge on any atom is 0.0850 e. The van der Waals surface area contributed by atoms with Crippen LogP contribution in [0.5, 0.6) is 0 Å². The number of halogens is 1. The fourth-order valence-corrected chi connectivity index (χ4v) is 4.08. The fourth-order valence-electron chi connectivity index (χ4n) is 2.45. The Hall–Kier alpha value is -0.190. The largest absolute Gasteiger partial charge is 0.392 e. The van der Waals surface area contributed by atoms with Crippen LogP contribution in [-0.2, 0) is 19.4 Å². The first-order chi connectivity index (χ1) is 8.67. The molecule has 0 aromatic carbocycles. The van der Waals surface area contributed by atoms with Gasteiger partial charge in [-0.05, 0) is 31.9 Å². The SMILES string of the molecule is CCc1nn(CC)c(CC(O)C2CCCS2)c1Cl. The van der Waals surface area contributed by atoms with Gasteiger partial charge in [0.25, 0.3) is 0 Å². The summed E-state index contributed by atoms with van der Waals surface area (Å²) in [5.74, 6) is 1.17. The van der Waals surface area contributed by atoms with Crippen molar-refractivity contribution >= 4 is 23.4 Å². The van der Waals surface area contributed by atoms with Crippen LogP contribution >= 0.6 is 23.4 Å². The summed E-state index contributed by atoms with van der Waals surface area (Å²) in [5.41, 5.74) is 1.94. The Bertz CT molecular complexity index is 402. The number of aliphatic hydroxyl groups is 1. The highest BCUT2D eigenvalue weighted by atomic mass is 35.5. The van der Waals surface area contributed by atoms with Gasteiger partial charge in [-0.1, -0.05) is 18.5 Å². The third kappa shape index (κ3) is 2.86. The van der Waals surface area contributed by atoms with Crippen LogP contribution in [0.25, 0.3) is 0 Å². The molecule has 1 aliphatic rings. The van der Waals surface area contributed by atoms with E-state index in [2.05, 4.69) is 18.9 Å². The second kappa shape index (κ2) is 6.31. The molecule has 0 radical (unpaired) electrons. The molecule has 18 heavy (non-hydrogen) atoms. The van der Waals surface area contributed by atoms with Crippen molar-refractivity contribution in [3.8, 4) is 0 Å². The Morgan fingerprint density at radius 2 is 2.33 bits per heavy atom. The predicted octanol–water partition coefficient (Wildman–Crippen LogP) is 2.92. The molecule has 2 rings (SSSR count). The van der Waals surface area contributed by atoms with Crippen LogP contribution in [0.2, 0.25) is 5.02 Å². The van der Waals surface area contributed by atoms with Crippen molar-refractivity contribution in [3.05, 3.63) is 16.4 Å². The van der Waals surface area contributed by atoms with Gasteiger partial charge in [0.1, 0.15) is 0 Å². The average Bonchev–Trinajstić information content (AvgIpc) is 2.99. The van der Waals surface area contributed by atoms with Gasteiger partial charge in [-0.25, -0.2) is 0 Å². The van der Waals surface area contributed by atoms with Gasteiger partial charge in [0.15, 0.2) is 0 Å². The summed E-state index contributed by atoms with van der Waals surface area (Å²) in [6.07, 6.45) is 3.49. The molecule has 1 aromatic rings. The van der Waals surface area contributed by atoms with E-state index in [0.29, 0.717) is 11.7 Å². The van der Waals surface area contributed by atoms with Crippen LogP contribution < -0.4 is 0 Å². The lowest BCUT2D eigenvalue weighted by molar-refractivity contribution is 0.167. The highest BCUT2D eigenvalue weighted by Gasteiger charge is 2.26. The molecule has 3 nitrogen and oxygen atoms in total. The van der Waals surface area contributed by atoms with Crippen molar-refractivity contribution in [2.45, 2.75) is 57.4 Å². The van der Waals surface area contributed by atoms with Crippen molar-refractivity contribution in [1.29, 1.82) is 0 Å². The number of aromatic nitrogens is 2. The maximum atomic E-state index is 10.3. The number of nitrogens with zero attached hydrogens (tertiary/aromatic N) is 2. The summed E-state index contributed by atoms with van der Waals surface area (Å²) in [6.45, 7) is 4.92. The Morgan fingerprint density at radius 1 is 1.56 bits per heavy atom. The van der Waals surface area contributed by atoms with Crippen LogP contribution in [0, 0.1) is 0 Å². The Morgan fingerprint density at radius 3 is 2.89 bits per heavy atom. The van der Waals surface area contributed by atoms with Gasteiger partial charge >= 0.3 is 0 Å². The second-order valence-corrected chi connectivity index (χ2v) is 6.42. The first-order valence-corrected chi connectivity index (χ1v) is 8.13. The van der Waals surface area contributed by atoms with E-state index in [1.807, 2.05) is 16.4 Å². The molecule has 102 valence electrons. The van der Waals surface area contributed by atoms with Crippen molar-refractivity contribution in [2.75, 3.05) is 5.75 Å². The Labute approximate surface area is 118 Å². The molecule has 1 saturated heterocycles. The third-order valence-corrected chi connectivity index (χ3v) is 5.43. The third-order valence-electron chi connectivity index (χ3n) is 3.49. The first-order valence-electron chi connectivity index (χ1n) is 6.71. The van der Waals surface area contributed by atoms with E-state index in [-0.39, 0.29) is 6.10 Å². The maximum absolute atomic E-state index is 10.3. The number of hydrogen-bond donors (Lipinski definition) is 1. The summed E-state index contributed by atoms with van der Waals surface area (Å²) < 4.78 is 1.93. The van der Waals surface area contributed by atoms with Crippen molar-refractivity contribution in [3.63, 3.8) is 0 Å². The lowest BCUT2D eigenvalue weighted by atomic mass is 10.1. The normalized spacial score (nSPS) is 21.4. The topological polar surface area (TPSA) is 38.0 Å². The number of aliphatic hydroxyl groups excluding tert-OH is 1. The summed E-state index contributed by atoms with van der Waals surface area (Å²) >= 11 is 8.24. The average molecular weight is 289 g/mol. The minimum atomic E-state index is -0.304. The molecule has 0 amide bonds. The summed E-state index contributed by atoms with van der Waals surface area (Å²) in [4.78, 5) is 0. The van der Waals surface area contributed by atoms with E-state index in [1.54, 1.807) is 0 Å². The molecular formula is C13H21ClN2OS. The van der Waals surface area contributed by atoms with Gasteiger partial charge in [-0.15, -0.1) is 0 Å². The zero-order valence-electron chi connectivity index (χ0n) is 11.0. The summed E-state index contributed by atoms with van der Waals surface area (Å²) in [5, 5.41) is 15.9. The molecular weight excluding hydrogens is 268 g/mol. The minimum Gasteiger partial charge on any atom is -0.392 e. The highest BCUT2D eigenvalue weighted by molar-refractivity contribution is 8.00. The number of rotatable bonds is 5. The van der Waals surface area contributed by atoms with Crippen molar-refractivity contribution < 1.29 is 5.11 Å². The zero-order valence-corrected chi connectivity index (χ0v) is 12.6. The van der Waals surface area contributed by atoms with Gasteiger partial charge in [-0.3, -0.25) is 4.68 Å². The van der Waals surface area contributed by atoms with E-state index in [4.69, 9.17) is 11.6 Å². The predicted molar refractivity (Wildman–Crippen MR) is 77.5 cm³/mol. The summed E-state index contributed by atoms with van der Waals surface area (Å²) in [7, 11) is 0. The minimum absolute atomic E-state index is 0.304. The molecule has 0 spiro atoms. The van der Waals surface area contributed by atoms with Crippen LogP contribution in [-0.4, -0.2) is 32.0 Å². The molecule has 0 aliphatic carbocycles. The van der Waals surface area contributed by atoms with E-state index < -0.39 is 0 Å². The number of aryl methyl sites for hydroxylation is 2. The monoisotopic (exact) mass is 288 g/mol. The Kier molecular flexibility index (Phi) is 4.98. The fraction of sp³-hybridized carbons (Fsp3) is 0.769. The van der Waals surface area contributed by atoms with Crippen LogP contribution in [0.3, 0.4) is 0 Å². The van der Waals surface area contributed by atoms with Gasteiger partial charge in [-0.2, -0.15) is 16.9 Å². The van der Waals surface area contributed by atoms with Crippen molar-refractivity contribution in [1.82, 2.24) is 9.78 Å².